The van der Waals surface area contributed by atoms with Crippen LogP contribution in [0.5, 0.6) is 0 Å². The SMILES string of the molecule is CC(C)N(Cc1ccccc1)C(=O)CN(C1CCCCCC1)S(C)(=O)=O. The van der Waals surface area contributed by atoms with Crippen molar-refractivity contribution in [1.29, 1.82) is 0 Å². The summed E-state index contributed by atoms with van der Waals surface area (Å²) in [6.07, 6.45) is 7.28. The van der Waals surface area contributed by atoms with Crippen LogP contribution in [0.2, 0.25) is 0 Å². The molecule has 1 aliphatic carbocycles. The molecular formula is C20H32N2O3S. The zero-order valence-corrected chi connectivity index (χ0v) is 17.0. The lowest BCUT2D eigenvalue weighted by molar-refractivity contribution is -0.134. The first-order valence-electron chi connectivity index (χ1n) is 9.59. The summed E-state index contributed by atoms with van der Waals surface area (Å²) in [7, 11) is -3.42. The molecule has 26 heavy (non-hydrogen) atoms. The summed E-state index contributed by atoms with van der Waals surface area (Å²) < 4.78 is 26.2. The summed E-state index contributed by atoms with van der Waals surface area (Å²) in [5.41, 5.74) is 1.05. The maximum absolute atomic E-state index is 13.0. The minimum absolute atomic E-state index is 0.0123. The quantitative estimate of drug-likeness (QED) is 0.681. The molecule has 1 aromatic rings. The number of nitrogens with zero attached hydrogens (tertiary/aromatic N) is 2. The second kappa shape index (κ2) is 9.51. The van der Waals surface area contributed by atoms with Crippen LogP contribution in [0.25, 0.3) is 0 Å². The van der Waals surface area contributed by atoms with E-state index in [9.17, 15) is 13.2 Å². The lowest BCUT2D eigenvalue weighted by atomic mass is 10.1. The Hall–Kier alpha value is -1.40. The molecule has 0 heterocycles. The molecule has 5 nitrogen and oxygen atoms in total. The molecule has 0 radical (unpaired) electrons. The van der Waals surface area contributed by atoms with Crippen LogP contribution in [0.3, 0.4) is 0 Å². The average molecular weight is 381 g/mol. The number of amides is 1. The molecule has 1 aromatic carbocycles. The lowest BCUT2D eigenvalue weighted by Gasteiger charge is -2.33. The summed E-state index contributed by atoms with van der Waals surface area (Å²) in [6.45, 7) is 4.38. The van der Waals surface area contributed by atoms with Gasteiger partial charge in [0.25, 0.3) is 0 Å². The van der Waals surface area contributed by atoms with Gasteiger partial charge in [0.2, 0.25) is 15.9 Å². The molecule has 0 bridgehead atoms. The topological polar surface area (TPSA) is 57.7 Å². The van der Waals surface area contributed by atoms with E-state index in [4.69, 9.17) is 0 Å². The highest BCUT2D eigenvalue weighted by molar-refractivity contribution is 7.88. The van der Waals surface area contributed by atoms with Gasteiger partial charge in [-0.15, -0.1) is 0 Å². The summed E-state index contributed by atoms with van der Waals surface area (Å²) in [5.74, 6) is -0.126. The van der Waals surface area contributed by atoms with Gasteiger partial charge in [-0.2, -0.15) is 4.31 Å². The Bertz CT molecular complexity index is 666. The van der Waals surface area contributed by atoms with Crippen molar-refractivity contribution in [3.63, 3.8) is 0 Å². The van der Waals surface area contributed by atoms with Crippen LogP contribution in [0.4, 0.5) is 0 Å². The zero-order chi connectivity index (χ0) is 19.2. The number of rotatable bonds is 7. The fourth-order valence-electron chi connectivity index (χ4n) is 3.63. The standard InChI is InChI=1S/C20H32N2O3S/c1-17(2)21(15-18-11-7-6-8-12-18)20(23)16-22(26(3,24)25)19-13-9-4-5-10-14-19/h6-8,11-12,17,19H,4-5,9-10,13-16H2,1-3H3. The van der Waals surface area contributed by atoms with Crippen LogP contribution in [0, 0.1) is 0 Å². The first-order valence-corrected chi connectivity index (χ1v) is 11.4. The van der Waals surface area contributed by atoms with Crippen LogP contribution in [-0.4, -0.2) is 48.4 Å². The Morgan fingerprint density at radius 1 is 1.08 bits per heavy atom. The third-order valence-corrected chi connectivity index (χ3v) is 6.37. The minimum atomic E-state index is -3.42. The molecule has 1 saturated carbocycles. The van der Waals surface area contributed by atoms with E-state index in [0.717, 1.165) is 44.1 Å². The van der Waals surface area contributed by atoms with Crippen molar-refractivity contribution in [2.45, 2.75) is 71.0 Å². The van der Waals surface area contributed by atoms with E-state index in [0.29, 0.717) is 6.54 Å². The van der Waals surface area contributed by atoms with E-state index in [1.807, 2.05) is 44.2 Å². The fourth-order valence-corrected chi connectivity index (χ4v) is 4.72. The largest absolute Gasteiger partial charge is 0.335 e. The van der Waals surface area contributed by atoms with Gasteiger partial charge in [0.15, 0.2) is 0 Å². The van der Waals surface area contributed by atoms with E-state index in [-0.39, 0.29) is 24.5 Å². The van der Waals surface area contributed by atoms with Crippen molar-refractivity contribution in [3.05, 3.63) is 35.9 Å². The van der Waals surface area contributed by atoms with E-state index in [1.54, 1.807) is 4.90 Å². The second-order valence-electron chi connectivity index (χ2n) is 7.55. The third kappa shape index (κ3) is 6.09. The van der Waals surface area contributed by atoms with Crippen LogP contribution in [0.15, 0.2) is 30.3 Å². The number of benzene rings is 1. The van der Waals surface area contributed by atoms with Gasteiger partial charge >= 0.3 is 0 Å². The Morgan fingerprint density at radius 3 is 2.15 bits per heavy atom. The number of carbonyl (C=O) groups excluding carboxylic acids is 1. The molecule has 0 spiro atoms. The molecule has 0 aromatic heterocycles. The minimum Gasteiger partial charge on any atom is -0.335 e. The van der Waals surface area contributed by atoms with Gasteiger partial charge in [-0.1, -0.05) is 56.0 Å². The second-order valence-corrected chi connectivity index (χ2v) is 9.49. The van der Waals surface area contributed by atoms with Gasteiger partial charge in [-0.3, -0.25) is 4.79 Å². The summed E-state index contributed by atoms with van der Waals surface area (Å²) in [4.78, 5) is 14.8. The van der Waals surface area contributed by atoms with Gasteiger partial charge < -0.3 is 4.90 Å². The molecule has 0 atom stereocenters. The Labute approximate surface area is 158 Å². The van der Waals surface area contributed by atoms with E-state index >= 15 is 0 Å². The number of sulfonamides is 1. The van der Waals surface area contributed by atoms with Crippen molar-refractivity contribution < 1.29 is 13.2 Å². The maximum atomic E-state index is 13.0. The molecule has 0 N–H and O–H groups in total. The summed E-state index contributed by atoms with van der Waals surface area (Å²) in [5, 5.41) is 0. The van der Waals surface area contributed by atoms with Crippen LogP contribution in [0.1, 0.15) is 57.9 Å². The van der Waals surface area contributed by atoms with E-state index < -0.39 is 10.0 Å². The van der Waals surface area contributed by atoms with Crippen LogP contribution < -0.4 is 0 Å². The van der Waals surface area contributed by atoms with Crippen molar-refractivity contribution >= 4 is 15.9 Å². The predicted octanol–water partition coefficient (Wildman–Crippen LogP) is 3.41. The van der Waals surface area contributed by atoms with Gasteiger partial charge in [0.1, 0.15) is 0 Å². The molecule has 1 aliphatic rings. The molecule has 1 amide bonds. The molecule has 0 aliphatic heterocycles. The van der Waals surface area contributed by atoms with Crippen LogP contribution >= 0.6 is 0 Å². The highest BCUT2D eigenvalue weighted by Gasteiger charge is 2.31. The molecule has 1 fully saturated rings. The predicted molar refractivity (Wildman–Crippen MR) is 105 cm³/mol. The van der Waals surface area contributed by atoms with Crippen molar-refractivity contribution in [2.24, 2.45) is 0 Å². The van der Waals surface area contributed by atoms with E-state index in [1.165, 1.54) is 10.6 Å². The molecule has 0 unspecified atom stereocenters. The maximum Gasteiger partial charge on any atom is 0.238 e. The van der Waals surface area contributed by atoms with Crippen LogP contribution in [-0.2, 0) is 21.4 Å². The van der Waals surface area contributed by atoms with Gasteiger partial charge in [-0.25, -0.2) is 8.42 Å². The Morgan fingerprint density at radius 2 is 1.65 bits per heavy atom. The summed E-state index contributed by atoms with van der Waals surface area (Å²) >= 11 is 0. The zero-order valence-electron chi connectivity index (χ0n) is 16.2. The average Bonchev–Trinajstić information content (AvgIpc) is 2.86. The third-order valence-electron chi connectivity index (χ3n) is 5.09. The fraction of sp³-hybridized carbons (Fsp3) is 0.650. The van der Waals surface area contributed by atoms with Crippen molar-refractivity contribution in [2.75, 3.05) is 12.8 Å². The first-order chi connectivity index (χ1) is 12.3. The van der Waals surface area contributed by atoms with E-state index in [2.05, 4.69) is 0 Å². The van der Waals surface area contributed by atoms with Gasteiger partial charge in [0.05, 0.1) is 12.8 Å². The molecule has 146 valence electrons. The number of carbonyl (C=O) groups is 1. The number of hydrogen-bond acceptors (Lipinski definition) is 3. The molecule has 6 heteroatoms. The first kappa shape index (κ1) is 20.9. The van der Waals surface area contributed by atoms with Crippen molar-refractivity contribution in [1.82, 2.24) is 9.21 Å². The van der Waals surface area contributed by atoms with Gasteiger partial charge in [-0.05, 0) is 32.3 Å². The highest BCUT2D eigenvalue weighted by atomic mass is 32.2. The van der Waals surface area contributed by atoms with Gasteiger partial charge in [0, 0.05) is 18.6 Å². The highest BCUT2D eigenvalue weighted by Crippen LogP contribution is 2.24. The van der Waals surface area contributed by atoms with Crippen molar-refractivity contribution in [3.8, 4) is 0 Å². The summed E-state index contributed by atoms with van der Waals surface area (Å²) in [6, 6.07) is 9.78. The normalized spacial score (nSPS) is 16.7. The molecule has 0 saturated heterocycles. The molecule has 2 rings (SSSR count). The lowest BCUT2D eigenvalue weighted by Crippen LogP contribution is -2.48. The smallest absolute Gasteiger partial charge is 0.238 e. The Balaban J connectivity index is 2.15. The molecular weight excluding hydrogens is 348 g/mol. The Kier molecular flexibility index (Phi) is 7.65. The monoisotopic (exact) mass is 380 g/mol. The number of hydrogen-bond donors (Lipinski definition) is 0.